The molecule has 0 amide bonds. The second-order valence-electron chi connectivity index (χ2n) is 3.88. The summed E-state index contributed by atoms with van der Waals surface area (Å²) in [7, 11) is 2.83. The number of halogens is 1. The standard InChI is InChI=1S/C14H12FNO5/c1-19-9-4-3-5-10(20-2)12(9)21-13-11(15)8(14(17)18)6-7-16-13/h3-7H,1-2H3,(H,17,18). The van der Waals surface area contributed by atoms with Crippen molar-refractivity contribution in [3.05, 3.63) is 41.8 Å². The number of carboxylic acids is 1. The molecule has 0 unspecified atom stereocenters. The monoisotopic (exact) mass is 293 g/mol. The van der Waals surface area contributed by atoms with Gasteiger partial charge in [-0.25, -0.2) is 14.2 Å². The zero-order valence-corrected chi connectivity index (χ0v) is 11.3. The summed E-state index contributed by atoms with van der Waals surface area (Å²) in [5, 5.41) is 8.88. The van der Waals surface area contributed by atoms with Crippen LogP contribution in [0.4, 0.5) is 4.39 Å². The average molecular weight is 293 g/mol. The third kappa shape index (κ3) is 2.86. The van der Waals surface area contributed by atoms with Gasteiger partial charge in [-0.05, 0) is 18.2 Å². The molecule has 0 fully saturated rings. The molecule has 0 bridgehead atoms. The Balaban J connectivity index is 2.48. The first-order chi connectivity index (χ1) is 10.1. The molecule has 0 saturated heterocycles. The van der Waals surface area contributed by atoms with E-state index >= 15 is 0 Å². The van der Waals surface area contributed by atoms with Crippen LogP contribution in [-0.2, 0) is 0 Å². The Hall–Kier alpha value is -2.83. The normalized spacial score (nSPS) is 10.0. The lowest BCUT2D eigenvalue weighted by molar-refractivity contribution is 0.0690. The van der Waals surface area contributed by atoms with Gasteiger partial charge in [0.25, 0.3) is 5.88 Å². The highest BCUT2D eigenvalue weighted by Crippen LogP contribution is 2.40. The van der Waals surface area contributed by atoms with Crippen molar-refractivity contribution in [3.8, 4) is 23.1 Å². The number of hydrogen-bond acceptors (Lipinski definition) is 5. The molecule has 1 heterocycles. The van der Waals surface area contributed by atoms with Gasteiger partial charge < -0.3 is 19.3 Å². The van der Waals surface area contributed by atoms with Crippen LogP contribution in [0.5, 0.6) is 23.1 Å². The smallest absolute Gasteiger partial charge is 0.338 e. The summed E-state index contributed by atoms with van der Waals surface area (Å²) in [6.45, 7) is 0. The first-order valence-electron chi connectivity index (χ1n) is 5.85. The fourth-order valence-electron chi connectivity index (χ4n) is 1.68. The van der Waals surface area contributed by atoms with Crippen molar-refractivity contribution in [1.82, 2.24) is 4.98 Å². The molecule has 0 aliphatic rings. The van der Waals surface area contributed by atoms with E-state index < -0.39 is 23.2 Å². The minimum Gasteiger partial charge on any atom is -0.493 e. The molecule has 0 aliphatic heterocycles. The lowest BCUT2D eigenvalue weighted by Gasteiger charge is -2.13. The molecule has 0 spiro atoms. The molecule has 0 atom stereocenters. The van der Waals surface area contributed by atoms with Crippen LogP contribution in [0.15, 0.2) is 30.5 Å². The van der Waals surface area contributed by atoms with E-state index in [0.717, 1.165) is 12.3 Å². The largest absolute Gasteiger partial charge is 0.493 e. The van der Waals surface area contributed by atoms with Crippen molar-refractivity contribution in [2.24, 2.45) is 0 Å². The summed E-state index contributed by atoms with van der Waals surface area (Å²) in [5.74, 6) is -2.24. The molecule has 0 radical (unpaired) electrons. The number of aromatic carboxylic acids is 1. The number of hydrogen-bond donors (Lipinski definition) is 1. The van der Waals surface area contributed by atoms with E-state index in [9.17, 15) is 9.18 Å². The van der Waals surface area contributed by atoms with Gasteiger partial charge in [0.15, 0.2) is 17.3 Å². The van der Waals surface area contributed by atoms with Crippen molar-refractivity contribution >= 4 is 5.97 Å². The third-order valence-electron chi connectivity index (χ3n) is 2.67. The number of methoxy groups -OCH3 is 2. The fraction of sp³-hybridized carbons (Fsp3) is 0.143. The van der Waals surface area contributed by atoms with E-state index in [2.05, 4.69) is 4.98 Å². The molecule has 21 heavy (non-hydrogen) atoms. The maximum absolute atomic E-state index is 14.0. The summed E-state index contributed by atoms with van der Waals surface area (Å²) >= 11 is 0. The van der Waals surface area contributed by atoms with Crippen molar-refractivity contribution in [2.45, 2.75) is 0 Å². The number of para-hydroxylation sites is 1. The molecule has 2 aromatic rings. The Morgan fingerprint density at radius 3 is 2.33 bits per heavy atom. The van der Waals surface area contributed by atoms with Gasteiger partial charge in [0.1, 0.15) is 5.56 Å². The Bertz CT molecular complexity index is 652. The van der Waals surface area contributed by atoms with Gasteiger partial charge in [-0.2, -0.15) is 0 Å². The molecular weight excluding hydrogens is 281 g/mol. The third-order valence-corrected chi connectivity index (χ3v) is 2.67. The van der Waals surface area contributed by atoms with E-state index in [0.29, 0.717) is 11.5 Å². The lowest BCUT2D eigenvalue weighted by atomic mass is 10.2. The molecule has 110 valence electrons. The SMILES string of the molecule is COc1cccc(OC)c1Oc1nccc(C(=O)O)c1F. The predicted octanol–water partition coefficient (Wildman–Crippen LogP) is 2.73. The number of rotatable bonds is 5. The first-order valence-corrected chi connectivity index (χ1v) is 5.85. The highest BCUT2D eigenvalue weighted by Gasteiger charge is 2.20. The van der Waals surface area contributed by atoms with E-state index in [-0.39, 0.29) is 5.75 Å². The van der Waals surface area contributed by atoms with Crippen LogP contribution in [0.25, 0.3) is 0 Å². The molecule has 0 aliphatic carbocycles. The molecule has 1 aromatic heterocycles. The second-order valence-corrected chi connectivity index (χ2v) is 3.88. The maximum Gasteiger partial charge on any atom is 0.338 e. The molecule has 1 aromatic carbocycles. The van der Waals surface area contributed by atoms with Crippen LogP contribution in [0.1, 0.15) is 10.4 Å². The summed E-state index contributed by atoms with van der Waals surface area (Å²) in [6, 6.07) is 5.90. The zero-order valence-electron chi connectivity index (χ0n) is 11.3. The quantitative estimate of drug-likeness (QED) is 0.913. The number of aromatic nitrogens is 1. The Kier molecular flexibility index (Phi) is 4.22. The van der Waals surface area contributed by atoms with Crippen LogP contribution in [0, 0.1) is 5.82 Å². The van der Waals surface area contributed by atoms with Crippen LogP contribution >= 0.6 is 0 Å². The first kappa shape index (κ1) is 14.6. The molecule has 2 rings (SSSR count). The number of nitrogens with zero attached hydrogens (tertiary/aromatic N) is 1. The highest BCUT2D eigenvalue weighted by atomic mass is 19.1. The van der Waals surface area contributed by atoms with Crippen LogP contribution in [-0.4, -0.2) is 30.3 Å². The van der Waals surface area contributed by atoms with E-state index in [1.165, 1.54) is 14.2 Å². The Morgan fingerprint density at radius 2 is 1.81 bits per heavy atom. The van der Waals surface area contributed by atoms with Crippen molar-refractivity contribution < 1.29 is 28.5 Å². The average Bonchev–Trinajstić information content (AvgIpc) is 2.49. The molecule has 6 nitrogen and oxygen atoms in total. The van der Waals surface area contributed by atoms with E-state index in [1.807, 2.05) is 0 Å². The second kappa shape index (κ2) is 6.08. The molecule has 1 N–H and O–H groups in total. The minimum atomic E-state index is -1.41. The molecule has 7 heteroatoms. The Labute approximate surface area is 119 Å². The number of ether oxygens (including phenoxy) is 3. The van der Waals surface area contributed by atoms with E-state index in [4.69, 9.17) is 19.3 Å². The fourth-order valence-corrected chi connectivity index (χ4v) is 1.68. The maximum atomic E-state index is 14.0. The highest BCUT2D eigenvalue weighted by molar-refractivity contribution is 5.88. The van der Waals surface area contributed by atoms with E-state index in [1.54, 1.807) is 18.2 Å². The molecule has 0 saturated carbocycles. The number of benzene rings is 1. The zero-order chi connectivity index (χ0) is 15.4. The van der Waals surface area contributed by atoms with Crippen molar-refractivity contribution in [3.63, 3.8) is 0 Å². The summed E-state index contributed by atoms with van der Waals surface area (Å²) in [6.07, 6.45) is 1.14. The number of carboxylic acid groups (broad SMARTS) is 1. The minimum absolute atomic E-state index is 0.108. The van der Waals surface area contributed by atoms with Crippen molar-refractivity contribution in [2.75, 3.05) is 14.2 Å². The Morgan fingerprint density at radius 1 is 1.19 bits per heavy atom. The van der Waals surface area contributed by atoms with Crippen molar-refractivity contribution in [1.29, 1.82) is 0 Å². The van der Waals surface area contributed by atoms with Gasteiger partial charge in [-0.3, -0.25) is 0 Å². The lowest BCUT2D eigenvalue weighted by Crippen LogP contribution is -2.04. The van der Waals surface area contributed by atoms with Gasteiger partial charge in [-0.15, -0.1) is 0 Å². The van der Waals surface area contributed by atoms with Gasteiger partial charge in [0.2, 0.25) is 5.75 Å². The summed E-state index contributed by atoms with van der Waals surface area (Å²) in [4.78, 5) is 14.6. The van der Waals surface area contributed by atoms with Gasteiger partial charge >= 0.3 is 5.97 Å². The van der Waals surface area contributed by atoms with Crippen LogP contribution in [0.3, 0.4) is 0 Å². The summed E-state index contributed by atoms with van der Waals surface area (Å²) in [5.41, 5.74) is -0.533. The summed E-state index contributed by atoms with van der Waals surface area (Å²) < 4.78 is 29.6. The number of carbonyl (C=O) groups is 1. The van der Waals surface area contributed by atoms with Gasteiger partial charge in [0, 0.05) is 6.20 Å². The molecular formula is C14H12FNO5. The number of pyridine rings is 1. The van der Waals surface area contributed by atoms with Crippen LogP contribution in [0.2, 0.25) is 0 Å². The van der Waals surface area contributed by atoms with Gasteiger partial charge in [0.05, 0.1) is 14.2 Å². The van der Waals surface area contributed by atoms with Crippen LogP contribution < -0.4 is 14.2 Å². The topological polar surface area (TPSA) is 77.9 Å². The van der Waals surface area contributed by atoms with Gasteiger partial charge in [-0.1, -0.05) is 6.07 Å². The predicted molar refractivity (Wildman–Crippen MR) is 70.8 cm³/mol.